The van der Waals surface area contributed by atoms with Crippen LogP contribution in [0.1, 0.15) is 33.1 Å². The molecule has 1 N–H and O–H groups in total. The highest BCUT2D eigenvalue weighted by molar-refractivity contribution is 4.71. The molecule has 0 aliphatic carbocycles. The molecule has 1 atom stereocenters. The van der Waals surface area contributed by atoms with Crippen molar-refractivity contribution in [3.8, 4) is 0 Å². The number of nitrogens with zero attached hydrogens (tertiary/aromatic N) is 1. The fraction of sp³-hybridized carbons (Fsp3) is 1.00. The van der Waals surface area contributed by atoms with Crippen LogP contribution in [-0.4, -0.2) is 43.9 Å². The van der Waals surface area contributed by atoms with Gasteiger partial charge in [0.2, 0.25) is 0 Å². The number of hydrogen-bond donors (Lipinski definition) is 1. The minimum Gasteiger partial charge on any atom is -0.362 e. The van der Waals surface area contributed by atoms with Crippen LogP contribution in [0, 0.1) is 0 Å². The van der Waals surface area contributed by atoms with E-state index in [4.69, 9.17) is 4.74 Å². The lowest BCUT2D eigenvalue weighted by atomic mass is 10.3. The molecule has 0 aromatic carbocycles. The van der Waals surface area contributed by atoms with Crippen molar-refractivity contribution in [2.75, 3.05) is 32.8 Å². The fourth-order valence-electron chi connectivity index (χ4n) is 1.77. The van der Waals surface area contributed by atoms with E-state index in [1.54, 1.807) is 0 Å². The summed E-state index contributed by atoms with van der Waals surface area (Å²) in [4.78, 5) is 2.48. The Bertz CT molecular complexity index is 139. The zero-order chi connectivity index (χ0) is 10.2. The maximum Gasteiger partial charge on any atom is 0.120 e. The highest BCUT2D eigenvalue weighted by Gasteiger charge is 2.18. The van der Waals surface area contributed by atoms with Crippen LogP contribution in [-0.2, 0) is 4.74 Å². The number of hydrogen-bond acceptors (Lipinski definition) is 3. The van der Waals surface area contributed by atoms with Crippen molar-refractivity contribution in [2.24, 2.45) is 0 Å². The summed E-state index contributed by atoms with van der Waals surface area (Å²) >= 11 is 0. The largest absolute Gasteiger partial charge is 0.362 e. The molecule has 1 rings (SSSR count). The van der Waals surface area contributed by atoms with Crippen LogP contribution in [0.4, 0.5) is 0 Å². The van der Waals surface area contributed by atoms with Crippen molar-refractivity contribution < 1.29 is 4.74 Å². The van der Waals surface area contributed by atoms with E-state index in [2.05, 4.69) is 24.1 Å². The Kier molecular flexibility index (Phi) is 6.15. The summed E-state index contributed by atoms with van der Waals surface area (Å²) < 4.78 is 5.75. The molecule has 0 radical (unpaired) electrons. The van der Waals surface area contributed by atoms with E-state index in [1.165, 1.54) is 32.4 Å². The number of ether oxygens (including phenoxy) is 1. The summed E-state index contributed by atoms with van der Waals surface area (Å²) in [6.45, 7) is 9.81. The molecule has 1 unspecified atom stereocenters. The van der Waals surface area contributed by atoms with Crippen LogP contribution in [0.15, 0.2) is 0 Å². The second-order valence-electron chi connectivity index (χ2n) is 3.97. The zero-order valence-corrected chi connectivity index (χ0v) is 9.59. The molecule has 0 bridgehead atoms. The molecule has 14 heavy (non-hydrogen) atoms. The molecular weight excluding hydrogens is 176 g/mol. The first-order valence-electron chi connectivity index (χ1n) is 5.94. The average Bonchev–Trinajstić information content (AvgIpc) is 2.19. The first-order valence-corrected chi connectivity index (χ1v) is 5.94. The highest BCUT2D eigenvalue weighted by atomic mass is 16.5. The third kappa shape index (κ3) is 4.40. The maximum atomic E-state index is 5.75. The monoisotopic (exact) mass is 200 g/mol. The summed E-state index contributed by atoms with van der Waals surface area (Å²) in [5, 5.41) is 3.40. The summed E-state index contributed by atoms with van der Waals surface area (Å²) in [5.74, 6) is 0. The third-order valence-corrected chi connectivity index (χ3v) is 2.58. The molecule has 0 aromatic heterocycles. The van der Waals surface area contributed by atoms with E-state index in [1.807, 2.05) is 0 Å². The van der Waals surface area contributed by atoms with Crippen LogP contribution >= 0.6 is 0 Å². The highest BCUT2D eigenvalue weighted by Crippen LogP contribution is 2.02. The Morgan fingerprint density at radius 1 is 1.36 bits per heavy atom. The van der Waals surface area contributed by atoms with E-state index < -0.39 is 0 Å². The molecule has 84 valence electrons. The topological polar surface area (TPSA) is 24.5 Å². The van der Waals surface area contributed by atoms with Crippen LogP contribution in [0.5, 0.6) is 0 Å². The molecule has 0 spiro atoms. The minimum absolute atomic E-state index is 0.266. The predicted octanol–water partition coefficient (Wildman–Crippen LogP) is 1.44. The molecule has 0 amide bonds. The van der Waals surface area contributed by atoms with Gasteiger partial charge in [0.05, 0.1) is 0 Å². The zero-order valence-electron chi connectivity index (χ0n) is 9.59. The van der Waals surface area contributed by atoms with Gasteiger partial charge >= 0.3 is 0 Å². The Hall–Kier alpha value is -0.120. The molecular formula is C11H24N2O. The Labute approximate surface area is 87.8 Å². The molecule has 3 nitrogen and oxygen atoms in total. The van der Waals surface area contributed by atoms with Crippen molar-refractivity contribution in [1.29, 1.82) is 0 Å². The quantitative estimate of drug-likeness (QED) is 0.657. The predicted molar refractivity (Wildman–Crippen MR) is 59.4 cm³/mol. The van der Waals surface area contributed by atoms with Crippen molar-refractivity contribution in [3.63, 3.8) is 0 Å². The Morgan fingerprint density at radius 3 is 2.93 bits per heavy atom. The fourth-order valence-corrected chi connectivity index (χ4v) is 1.77. The van der Waals surface area contributed by atoms with Crippen LogP contribution in [0.3, 0.4) is 0 Å². The molecule has 0 saturated carbocycles. The second kappa shape index (κ2) is 7.21. The number of unbranched alkanes of at least 4 members (excludes halogenated alkanes) is 1. The lowest BCUT2D eigenvalue weighted by molar-refractivity contribution is -0.0153. The number of piperazine rings is 1. The van der Waals surface area contributed by atoms with Gasteiger partial charge in [-0.05, 0) is 19.4 Å². The summed E-state index contributed by atoms with van der Waals surface area (Å²) in [6.07, 6.45) is 3.89. The summed E-state index contributed by atoms with van der Waals surface area (Å²) in [5.41, 5.74) is 0. The van der Waals surface area contributed by atoms with Gasteiger partial charge in [-0.25, -0.2) is 0 Å². The van der Waals surface area contributed by atoms with E-state index in [9.17, 15) is 0 Å². The van der Waals surface area contributed by atoms with Crippen molar-refractivity contribution in [2.45, 2.75) is 39.3 Å². The molecule has 3 heteroatoms. The van der Waals surface area contributed by atoms with Crippen LogP contribution < -0.4 is 5.32 Å². The van der Waals surface area contributed by atoms with E-state index in [0.29, 0.717) is 0 Å². The molecule has 1 aliphatic rings. The van der Waals surface area contributed by atoms with Gasteiger partial charge in [-0.3, -0.25) is 10.2 Å². The van der Waals surface area contributed by atoms with Gasteiger partial charge < -0.3 is 4.74 Å². The molecule has 1 heterocycles. The van der Waals surface area contributed by atoms with Crippen LogP contribution in [0.25, 0.3) is 0 Å². The molecule has 1 aliphatic heterocycles. The molecule has 1 fully saturated rings. The number of rotatable bonds is 6. The Morgan fingerprint density at radius 2 is 2.21 bits per heavy atom. The first kappa shape index (κ1) is 12.0. The van der Waals surface area contributed by atoms with Gasteiger partial charge in [0, 0.05) is 26.2 Å². The van der Waals surface area contributed by atoms with Gasteiger partial charge in [-0.2, -0.15) is 0 Å². The van der Waals surface area contributed by atoms with E-state index in [0.717, 1.165) is 19.7 Å². The minimum atomic E-state index is 0.266. The molecule has 1 saturated heterocycles. The third-order valence-electron chi connectivity index (χ3n) is 2.58. The standard InChI is InChI=1S/C11H24N2O/c1-3-5-9-14-11-10-13(7-4-2)8-6-12-11/h11-12H,3-10H2,1-2H3. The summed E-state index contributed by atoms with van der Waals surface area (Å²) in [7, 11) is 0. The summed E-state index contributed by atoms with van der Waals surface area (Å²) in [6, 6.07) is 0. The first-order chi connectivity index (χ1) is 6.86. The SMILES string of the molecule is CCCCOC1CN(CCC)CCN1. The van der Waals surface area contributed by atoms with Gasteiger partial charge in [0.15, 0.2) is 0 Å². The van der Waals surface area contributed by atoms with Gasteiger partial charge in [0.1, 0.15) is 6.23 Å². The van der Waals surface area contributed by atoms with Crippen molar-refractivity contribution in [1.82, 2.24) is 10.2 Å². The van der Waals surface area contributed by atoms with Gasteiger partial charge in [-0.1, -0.05) is 20.3 Å². The lowest BCUT2D eigenvalue weighted by Gasteiger charge is -2.33. The van der Waals surface area contributed by atoms with E-state index in [-0.39, 0.29) is 6.23 Å². The normalized spacial score (nSPS) is 24.0. The average molecular weight is 200 g/mol. The molecule has 0 aromatic rings. The van der Waals surface area contributed by atoms with Crippen molar-refractivity contribution >= 4 is 0 Å². The van der Waals surface area contributed by atoms with Crippen LogP contribution in [0.2, 0.25) is 0 Å². The van der Waals surface area contributed by atoms with E-state index >= 15 is 0 Å². The smallest absolute Gasteiger partial charge is 0.120 e. The van der Waals surface area contributed by atoms with Gasteiger partial charge in [0.25, 0.3) is 0 Å². The second-order valence-corrected chi connectivity index (χ2v) is 3.97. The van der Waals surface area contributed by atoms with Gasteiger partial charge in [-0.15, -0.1) is 0 Å². The van der Waals surface area contributed by atoms with Crippen molar-refractivity contribution in [3.05, 3.63) is 0 Å². The maximum absolute atomic E-state index is 5.75. The number of nitrogens with one attached hydrogen (secondary N) is 1. The Balaban J connectivity index is 2.12. The lowest BCUT2D eigenvalue weighted by Crippen LogP contribution is -2.51.